The van der Waals surface area contributed by atoms with E-state index in [9.17, 15) is 19.2 Å². The zero-order valence-corrected chi connectivity index (χ0v) is 30.2. The summed E-state index contributed by atoms with van der Waals surface area (Å²) in [5.74, 6) is -1.70. The second-order valence-electron chi connectivity index (χ2n) is 9.13. The average Bonchev–Trinajstić information content (AvgIpc) is 3.91. The van der Waals surface area contributed by atoms with Crippen LogP contribution in [0.3, 0.4) is 0 Å². The first-order chi connectivity index (χ1) is 22.6. The summed E-state index contributed by atoms with van der Waals surface area (Å²) in [5, 5.41) is 25.0. The van der Waals surface area contributed by atoms with Gasteiger partial charge in [-0.25, -0.2) is 38.9 Å². The van der Waals surface area contributed by atoms with E-state index < -0.39 is 23.5 Å². The number of rotatable bonds is 8. The molecule has 0 bridgehead atoms. The van der Waals surface area contributed by atoms with Gasteiger partial charge in [-0.05, 0) is 13.8 Å². The van der Waals surface area contributed by atoms with Crippen LogP contribution in [0.15, 0.2) is 37.4 Å². The third kappa shape index (κ3) is 8.18. The number of hydrogen-bond donors (Lipinski definition) is 4. The van der Waals surface area contributed by atoms with Crippen molar-refractivity contribution in [3.63, 3.8) is 0 Å². The SMILES string of the molecule is CO.COC(=O)C(=O)c1c[nH]c2c(-n3cnc(C)n3)ncc(OC)c12.COc1cnc(-n2cnc(C)n2)c2[nH]cc(C(=O)C(=O)O)c12.[CH3-].[Na+].[OH-]. The number of nitrogens with zero attached hydrogens (tertiary/aromatic N) is 8. The normalized spacial score (nSPS) is 9.82. The monoisotopic (exact) mass is 703 g/mol. The maximum atomic E-state index is 12.2. The minimum absolute atomic E-state index is 0. The number of ketones is 2. The first-order valence-electron chi connectivity index (χ1n) is 13.3. The number of ether oxygens (including phenoxy) is 3. The Kier molecular flexibility index (Phi) is 15.5. The third-order valence-corrected chi connectivity index (χ3v) is 6.45. The van der Waals surface area contributed by atoms with Gasteiger partial charge in [0.1, 0.15) is 35.8 Å². The van der Waals surface area contributed by atoms with Crippen molar-refractivity contribution in [1.82, 2.24) is 49.5 Å². The van der Waals surface area contributed by atoms with Crippen LogP contribution < -0.4 is 39.0 Å². The molecule has 0 saturated heterocycles. The number of Topliss-reactive ketones (excluding diaryl/α,β-unsaturated/α-hetero) is 2. The summed E-state index contributed by atoms with van der Waals surface area (Å²) in [5.41, 5.74) is 1.08. The number of carboxylic acids is 1. The number of aryl methyl sites for hydroxylation is 2. The van der Waals surface area contributed by atoms with E-state index in [0.717, 1.165) is 14.2 Å². The van der Waals surface area contributed by atoms with Gasteiger partial charge in [0.25, 0.3) is 11.6 Å². The second kappa shape index (κ2) is 18.3. The molecular formula is C29H32N10NaO10-. The number of aliphatic hydroxyl groups is 1. The molecule has 5 N–H and O–H groups in total. The smallest absolute Gasteiger partial charge is 0.870 e. The van der Waals surface area contributed by atoms with E-state index in [1.54, 1.807) is 13.8 Å². The molecule has 6 rings (SSSR count). The van der Waals surface area contributed by atoms with E-state index in [1.165, 1.54) is 61.0 Å². The van der Waals surface area contributed by atoms with Crippen molar-refractivity contribution >= 4 is 45.3 Å². The number of aliphatic hydroxyl groups excluding tert-OH is 1. The summed E-state index contributed by atoms with van der Waals surface area (Å²) >= 11 is 0. The molecule has 0 amide bonds. The summed E-state index contributed by atoms with van der Waals surface area (Å²) in [7, 11) is 5.02. The van der Waals surface area contributed by atoms with E-state index >= 15 is 0 Å². The largest absolute Gasteiger partial charge is 1.00 e. The Hall–Kier alpha value is -5.54. The molecule has 0 fully saturated rings. The summed E-state index contributed by atoms with van der Waals surface area (Å²) in [6.45, 7) is 3.48. The van der Waals surface area contributed by atoms with Crippen molar-refractivity contribution in [1.29, 1.82) is 0 Å². The number of hydrogen-bond acceptors (Lipinski definition) is 15. The van der Waals surface area contributed by atoms with Crippen LogP contribution in [0.25, 0.3) is 33.4 Å². The van der Waals surface area contributed by atoms with E-state index in [4.69, 9.17) is 19.7 Å². The van der Waals surface area contributed by atoms with Crippen molar-refractivity contribution in [2.75, 3.05) is 28.4 Å². The minimum atomic E-state index is -1.54. The van der Waals surface area contributed by atoms with Gasteiger partial charge in [-0.2, -0.15) is 10.2 Å². The molecule has 0 aliphatic carbocycles. The van der Waals surface area contributed by atoms with Gasteiger partial charge in [-0.1, -0.05) is 0 Å². The Balaban J connectivity index is 0.000000451. The molecule has 6 aromatic rings. The molecule has 0 atom stereocenters. The second-order valence-corrected chi connectivity index (χ2v) is 9.13. The molecule has 0 radical (unpaired) electrons. The van der Waals surface area contributed by atoms with Crippen LogP contribution in [0, 0.1) is 21.3 Å². The van der Waals surface area contributed by atoms with Crippen molar-refractivity contribution in [2.24, 2.45) is 0 Å². The zero-order valence-electron chi connectivity index (χ0n) is 28.2. The maximum absolute atomic E-state index is 12.2. The quantitative estimate of drug-likeness (QED) is 0.0458. The zero-order chi connectivity index (χ0) is 34.4. The number of H-pyrrole nitrogens is 2. The Morgan fingerprint density at radius 3 is 1.44 bits per heavy atom. The van der Waals surface area contributed by atoms with Crippen LogP contribution in [-0.4, -0.2) is 117 Å². The molecule has 20 nitrogen and oxygen atoms in total. The van der Waals surface area contributed by atoms with Crippen molar-refractivity contribution in [2.45, 2.75) is 13.8 Å². The molecule has 0 aliphatic rings. The molecular weight excluding hydrogens is 671 g/mol. The van der Waals surface area contributed by atoms with E-state index in [2.05, 4.69) is 44.8 Å². The fourth-order valence-corrected chi connectivity index (χ4v) is 4.44. The number of pyridine rings is 2. The number of carboxylic acid groups (broad SMARTS) is 1. The standard InChI is InChI=1S/C14H13N5O4.C13H11N5O4.CH4O.CH3.Na.H2O/c1-7-17-6-19(18-7)13-11-10(9(22-2)5-16-13)8(4-15-11)12(20)14(21)23-3;1-6-16-5-18(17-6)12-10-9(8(22-2)4-15-12)7(3-14-10)11(19)13(20)21;1-2;;;/h4-6,15H,1-3H3;3-5,14H,1-2H3,(H,20,21);2H,1H3;1H3;;1H2/q;;;-1;+1;/p-1. The summed E-state index contributed by atoms with van der Waals surface area (Å²) in [6.07, 6.45) is 8.58. The number of fused-ring (bicyclic) bond motifs is 2. The van der Waals surface area contributed by atoms with Crippen molar-refractivity contribution in [3.05, 3.63) is 67.6 Å². The van der Waals surface area contributed by atoms with Gasteiger partial charge in [0.05, 0.1) is 66.7 Å². The van der Waals surface area contributed by atoms with E-state index in [0.29, 0.717) is 56.6 Å². The van der Waals surface area contributed by atoms with Crippen LogP contribution in [-0.2, 0) is 14.3 Å². The van der Waals surface area contributed by atoms with Gasteiger partial charge in [-0.15, -0.1) is 0 Å². The van der Waals surface area contributed by atoms with Crippen LogP contribution in [0.5, 0.6) is 11.5 Å². The molecule has 21 heteroatoms. The molecule has 6 heterocycles. The predicted octanol–water partition coefficient (Wildman–Crippen LogP) is -1.57. The average molecular weight is 704 g/mol. The minimum Gasteiger partial charge on any atom is -0.870 e. The van der Waals surface area contributed by atoms with Gasteiger partial charge in [-0.3, -0.25) is 9.59 Å². The molecule has 260 valence electrons. The Morgan fingerprint density at radius 1 is 0.720 bits per heavy atom. The van der Waals surface area contributed by atoms with E-state index in [1.807, 2.05) is 0 Å². The molecule has 50 heavy (non-hydrogen) atoms. The first kappa shape index (κ1) is 42.5. The van der Waals surface area contributed by atoms with Gasteiger partial charge >= 0.3 is 41.5 Å². The maximum Gasteiger partial charge on any atom is 1.00 e. The number of aliphatic carboxylic acids is 1. The van der Waals surface area contributed by atoms with Crippen LogP contribution in [0.2, 0.25) is 0 Å². The van der Waals surface area contributed by atoms with Gasteiger partial charge in [0.15, 0.2) is 11.6 Å². The molecule has 0 saturated carbocycles. The Bertz CT molecular complexity index is 2120. The number of aromatic amines is 2. The van der Waals surface area contributed by atoms with E-state index in [-0.39, 0.29) is 53.6 Å². The summed E-state index contributed by atoms with van der Waals surface area (Å²) < 4.78 is 17.8. The number of carbonyl (C=O) groups excluding carboxylic acids is 3. The fraction of sp³-hybridized carbons (Fsp3) is 0.207. The summed E-state index contributed by atoms with van der Waals surface area (Å²) in [6, 6.07) is 0. The third-order valence-electron chi connectivity index (χ3n) is 6.45. The number of aromatic nitrogens is 10. The fourth-order valence-electron chi connectivity index (χ4n) is 4.44. The Morgan fingerprint density at radius 2 is 1.12 bits per heavy atom. The molecule has 0 unspecified atom stereocenters. The molecule has 0 spiro atoms. The van der Waals surface area contributed by atoms with Gasteiger partial charge in [0.2, 0.25) is 0 Å². The molecule has 0 aromatic carbocycles. The van der Waals surface area contributed by atoms with Crippen LogP contribution >= 0.6 is 0 Å². The van der Waals surface area contributed by atoms with Crippen LogP contribution in [0.4, 0.5) is 0 Å². The number of carbonyl (C=O) groups is 4. The van der Waals surface area contributed by atoms with Crippen molar-refractivity contribution < 1.29 is 78.6 Å². The number of methoxy groups -OCH3 is 3. The van der Waals surface area contributed by atoms with Crippen molar-refractivity contribution in [3.8, 4) is 23.1 Å². The summed E-state index contributed by atoms with van der Waals surface area (Å²) in [4.78, 5) is 68.8. The first-order valence-corrected chi connectivity index (χ1v) is 13.3. The van der Waals surface area contributed by atoms with Gasteiger partial charge in [0, 0.05) is 19.5 Å². The topological polar surface area (TPSA) is 285 Å². The molecule has 0 aliphatic heterocycles. The van der Waals surface area contributed by atoms with Crippen LogP contribution in [0.1, 0.15) is 32.4 Å². The predicted molar refractivity (Wildman–Crippen MR) is 169 cm³/mol. The Labute approximate surface area is 305 Å². The molecule has 6 aromatic heterocycles. The van der Waals surface area contributed by atoms with Gasteiger partial charge < -0.3 is 47.3 Å². The number of nitrogens with one attached hydrogen (secondary N) is 2. The number of esters is 1.